The van der Waals surface area contributed by atoms with Crippen molar-refractivity contribution < 1.29 is 8.78 Å². The second-order valence-electron chi connectivity index (χ2n) is 6.86. The van der Waals surface area contributed by atoms with E-state index in [4.69, 9.17) is 0 Å². The summed E-state index contributed by atoms with van der Waals surface area (Å²) < 4.78 is 28.0. The maximum Gasteiger partial charge on any atom is 0.191 e. The van der Waals surface area contributed by atoms with Crippen molar-refractivity contribution in [1.82, 2.24) is 15.6 Å². The summed E-state index contributed by atoms with van der Waals surface area (Å²) in [5.41, 5.74) is 1.23. The summed E-state index contributed by atoms with van der Waals surface area (Å²) in [5.74, 6) is -0.341. The number of anilines is 1. The molecule has 0 saturated carbocycles. The molecule has 1 aromatic carbocycles. The monoisotopic (exact) mass is 535 g/mol. The summed E-state index contributed by atoms with van der Waals surface area (Å²) in [6, 6.07) is 4.06. The summed E-state index contributed by atoms with van der Waals surface area (Å²) in [4.78, 5) is 12.0. The molecule has 1 unspecified atom stereocenters. The highest BCUT2D eigenvalue weighted by atomic mass is 127. The molecule has 0 amide bonds. The van der Waals surface area contributed by atoms with Gasteiger partial charge in [0.2, 0.25) is 0 Å². The lowest BCUT2D eigenvalue weighted by atomic mass is 10.2. The number of aromatic nitrogens is 1. The van der Waals surface area contributed by atoms with Gasteiger partial charge in [0.05, 0.1) is 10.7 Å². The average Bonchev–Trinajstić information content (AvgIpc) is 3.27. The van der Waals surface area contributed by atoms with E-state index in [0.29, 0.717) is 19.0 Å². The Balaban J connectivity index is 0.00000300. The molecule has 0 bridgehead atoms. The molecule has 160 valence electrons. The standard InChI is InChI=1S/C20H27F2N5S.HI/c1-4-17-13(2)28-18(26-17)8-10-24-20(23-3)25-14-9-11-27(12-14)19-15(21)6-5-7-16(19)22;/h5-7,14H,4,8-12H2,1-3H3,(H2,23,24,25);1H. The highest BCUT2D eigenvalue weighted by Gasteiger charge is 2.27. The van der Waals surface area contributed by atoms with Gasteiger partial charge in [0, 0.05) is 44.0 Å². The van der Waals surface area contributed by atoms with Crippen LogP contribution >= 0.6 is 35.3 Å². The van der Waals surface area contributed by atoms with E-state index < -0.39 is 11.6 Å². The molecule has 1 aromatic heterocycles. The maximum absolute atomic E-state index is 14.0. The largest absolute Gasteiger partial charge is 0.365 e. The average molecular weight is 535 g/mol. The summed E-state index contributed by atoms with van der Waals surface area (Å²) in [5, 5.41) is 7.79. The molecular weight excluding hydrogens is 507 g/mol. The first-order valence-electron chi connectivity index (χ1n) is 9.63. The molecule has 2 N–H and O–H groups in total. The number of para-hydroxylation sites is 1. The zero-order chi connectivity index (χ0) is 20.1. The number of aliphatic imine (C=N–C) groups is 1. The number of hydrogen-bond donors (Lipinski definition) is 2. The highest BCUT2D eigenvalue weighted by Crippen LogP contribution is 2.26. The zero-order valence-electron chi connectivity index (χ0n) is 17.0. The van der Waals surface area contributed by atoms with Gasteiger partial charge >= 0.3 is 0 Å². The Morgan fingerprint density at radius 1 is 1.34 bits per heavy atom. The van der Waals surface area contributed by atoms with Crippen molar-refractivity contribution in [3.05, 3.63) is 45.4 Å². The van der Waals surface area contributed by atoms with Crippen LogP contribution in [0.2, 0.25) is 0 Å². The zero-order valence-corrected chi connectivity index (χ0v) is 20.1. The first kappa shape index (κ1) is 23.8. The fraction of sp³-hybridized carbons (Fsp3) is 0.500. The Bertz CT molecular complexity index is 822. The SMILES string of the molecule is CCc1nc(CCNC(=NC)NC2CCN(c3c(F)cccc3F)C2)sc1C.I. The van der Waals surface area contributed by atoms with Crippen LogP contribution < -0.4 is 15.5 Å². The van der Waals surface area contributed by atoms with Crippen molar-refractivity contribution >= 4 is 47.0 Å². The Morgan fingerprint density at radius 3 is 2.69 bits per heavy atom. The van der Waals surface area contributed by atoms with Crippen LogP contribution in [0.15, 0.2) is 23.2 Å². The molecule has 0 radical (unpaired) electrons. The summed E-state index contributed by atoms with van der Waals surface area (Å²) in [6.07, 6.45) is 2.59. The van der Waals surface area contributed by atoms with Crippen LogP contribution in [0, 0.1) is 18.6 Å². The van der Waals surface area contributed by atoms with Gasteiger partial charge in [0.1, 0.15) is 17.3 Å². The van der Waals surface area contributed by atoms with E-state index in [-0.39, 0.29) is 35.7 Å². The highest BCUT2D eigenvalue weighted by molar-refractivity contribution is 14.0. The van der Waals surface area contributed by atoms with E-state index in [9.17, 15) is 8.78 Å². The summed E-state index contributed by atoms with van der Waals surface area (Å²) in [6.45, 7) is 6.09. The minimum atomic E-state index is -0.520. The van der Waals surface area contributed by atoms with Crippen molar-refractivity contribution in [1.29, 1.82) is 0 Å². The Hall–Kier alpha value is -1.49. The molecule has 1 saturated heterocycles. The number of benzene rings is 1. The van der Waals surface area contributed by atoms with Gasteiger partial charge in [-0.2, -0.15) is 0 Å². The molecule has 1 atom stereocenters. The normalized spacial score (nSPS) is 16.7. The molecule has 9 heteroatoms. The van der Waals surface area contributed by atoms with Gasteiger partial charge in [0.25, 0.3) is 0 Å². The van der Waals surface area contributed by atoms with Crippen LogP contribution in [0.4, 0.5) is 14.5 Å². The first-order valence-corrected chi connectivity index (χ1v) is 10.4. The number of hydrogen-bond acceptors (Lipinski definition) is 4. The Kier molecular flexibility index (Phi) is 9.06. The molecule has 2 aromatic rings. The van der Waals surface area contributed by atoms with Crippen molar-refractivity contribution in [3.8, 4) is 0 Å². The number of nitrogens with zero attached hydrogens (tertiary/aromatic N) is 3. The minimum Gasteiger partial charge on any atom is -0.365 e. The quantitative estimate of drug-likeness (QED) is 0.335. The van der Waals surface area contributed by atoms with E-state index in [1.165, 1.54) is 28.8 Å². The number of nitrogens with one attached hydrogen (secondary N) is 2. The maximum atomic E-state index is 14.0. The van der Waals surface area contributed by atoms with Crippen LogP contribution in [0.5, 0.6) is 0 Å². The summed E-state index contributed by atoms with van der Waals surface area (Å²) in [7, 11) is 1.72. The predicted octanol–water partition coefficient (Wildman–Crippen LogP) is 3.90. The molecule has 2 heterocycles. The predicted molar refractivity (Wildman–Crippen MR) is 127 cm³/mol. The fourth-order valence-electron chi connectivity index (χ4n) is 3.47. The lowest BCUT2D eigenvalue weighted by Gasteiger charge is -2.21. The second-order valence-corrected chi connectivity index (χ2v) is 8.15. The molecule has 1 aliphatic rings. The van der Waals surface area contributed by atoms with E-state index in [1.807, 2.05) is 0 Å². The third-order valence-electron chi connectivity index (χ3n) is 4.91. The second kappa shape index (κ2) is 11.1. The molecule has 1 fully saturated rings. The third kappa shape index (κ3) is 6.00. The fourth-order valence-corrected chi connectivity index (χ4v) is 4.49. The number of guanidine groups is 1. The topological polar surface area (TPSA) is 52.6 Å². The van der Waals surface area contributed by atoms with Crippen LogP contribution in [0.25, 0.3) is 0 Å². The van der Waals surface area contributed by atoms with Crippen molar-refractivity contribution in [2.45, 2.75) is 39.2 Å². The molecule has 29 heavy (non-hydrogen) atoms. The number of halogens is 3. The smallest absolute Gasteiger partial charge is 0.191 e. The van der Waals surface area contributed by atoms with Crippen LogP contribution in [-0.2, 0) is 12.8 Å². The number of thiazole rings is 1. The Labute approximate surface area is 192 Å². The van der Waals surface area contributed by atoms with Gasteiger partial charge < -0.3 is 15.5 Å². The number of aryl methyl sites for hydroxylation is 2. The van der Waals surface area contributed by atoms with Gasteiger partial charge in [-0.25, -0.2) is 13.8 Å². The molecule has 3 rings (SSSR count). The van der Waals surface area contributed by atoms with E-state index in [1.54, 1.807) is 23.3 Å². The van der Waals surface area contributed by atoms with Gasteiger partial charge in [-0.1, -0.05) is 13.0 Å². The summed E-state index contributed by atoms with van der Waals surface area (Å²) >= 11 is 1.74. The van der Waals surface area contributed by atoms with E-state index in [2.05, 4.69) is 34.5 Å². The van der Waals surface area contributed by atoms with Crippen molar-refractivity contribution in [3.63, 3.8) is 0 Å². The minimum absolute atomic E-state index is 0. The molecule has 0 spiro atoms. The number of rotatable bonds is 6. The third-order valence-corrected chi connectivity index (χ3v) is 5.98. The van der Waals surface area contributed by atoms with Gasteiger partial charge in [-0.3, -0.25) is 4.99 Å². The van der Waals surface area contributed by atoms with Crippen LogP contribution in [0.3, 0.4) is 0 Å². The van der Waals surface area contributed by atoms with E-state index in [0.717, 1.165) is 30.8 Å². The van der Waals surface area contributed by atoms with Crippen LogP contribution in [0.1, 0.15) is 28.9 Å². The van der Waals surface area contributed by atoms with Gasteiger partial charge in [0.15, 0.2) is 5.96 Å². The van der Waals surface area contributed by atoms with E-state index >= 15 is 0 Å². The van der Waals surface area contributed by atoms with Crippen molar-refractivity contribution in [2.24, 2.45) is 4.99 Å². The molecule has 0 aliphatic carbocycles. The molecular formula is C20H28F2IN5S. The molecule has 1 aliphatic heterocycles. The van der Waals surface area contributed by atoms with Gasteiger partial charge in [-0.05, 0) is 31.9 Å². The molecule has 5 nitrogen and oxygen atoms in total. The lowest BCUT2D eigenvalue weighted by molar-refractivity contribution is 0.576. The van der Waals surface area contributed by atoms with Crippen LogP contribution in [-0.4, -0.2) is 43.7 Å². The van der Waals surface area contributed by atoms with Gasteiger partial charge in [-0.15, -0.1) is 35.3 Å². The lowest BCUT2D eigenvalue weighted by Crippen LogP contribution is -2.45. The Morgan fingerprint density at radius 2 is 2.07 bits per heavy atom. The van der Waals surface area contributed by atoms with Crippen molar-refractivity contribution in [2.75, 3.05) is 31.6 Å². The first-order chi connectivity index (χ1) is 13.5.